The van der Waals surface area contributed by atoms with Gasteiger partial charge in [0.2, 0.25) is 53.2 Å². The van der Waals surface area contributed by atoms with Gasteiger partial charge in [-0.25, -0.2) is 4.98 Å². The number of imidazole rings is 1. The molecule has 0 aliphatic rings. The van der Waals surface area contributed by atoms with Crippen molar-refractivity contribution in [1.82, 2.24) is 57.5 Å². The first-order valence-corrected chi connectivity index (χ1v) is 27.0. The molecule has 5 aromatic rings. The van der Waals surface area contributed by atoms with Crippen LogP contribution in [0.3, 0.4) is 0 Å². The second-order valence-corrected chi connectivity index (χ2v) is 19.7. The minimum Gasteiger partial charge on any atom is -0.370 e. The van der Waals surface area contributed by atoms with Gasteiger partial charge in [0.25, 0.3) is 0 Å². The van der Waals surface area contributed by atoms with Gasteiger partial charge in [-0.1, -0.05) is 80.4 Å². The van der Waals surface area contributed by atoms with Gasteiger partial charge in [-0.2, -0.15) is 25.3 Å². The van der Waals surface area contributed by atoms with Crippen LogP contribution in [0, 0.1) is 0 Å². The molecule has 0 radical (unpaired) electrons. The lowest BCUT2D eigenvalue weighted by Crippen LogP contribution is -2.61. The van der Waals surface area contributed by atoms with Crippen molar-refractivity contribution in [2.45, 2.75) is 120 Å². The third-order valence-electron chi connectivity index (χ3n) is 12.8. The molecule has 9 amide bonds. The van der Waals surface area contributed by atoms with Gasteiger partial charge in [0.1, 0.15) is 48.3 Å². The van der Waals surface area contributed by atoms with E-state index in [4.69, 9.17) is 17.2 Å². The number of nitrogens with two attached hydrogens (primary N) is 3. The number of benzene rings is 3. The number of thiol groups is 2. The van der Waals surface area contributed by atoms with E-state index in [1.807, 2.05) is 67.6 Å². The summed E-state index contributed by atoms with van der Waals surface area (Å²) >= 11 is 8.41. The normalized spacial score (nSPS) is 14.1. The van der Waals surface area contributed by atoms with Gasteiger partial charge < -0.3 is 69.7 Å². The van der Waals surface area contributed by atoms with Crippen molar-refractivity contribution in [3.63, 3.8) is 0 Å². The summed E-state index contributed by atoms with van der Waals surface area (Å²) in [4.78, 5) is 137. The molecule has 5 rings (SSSR count). The van der Waals surface area contributed by atoms with E-state index in [-0.39, 0.29) is 56.1 Å². The zero-order valence-corrected chi connectivity index (χ0v) is 46.0. The molecule has 0 bridgehead atoms. The molecule has 0 saturated carbocycles. The molecular weight excluding hydrogens is 1050 g/mol. The highest BCUT2D eigenvalue weighted by Gasteiger charge is 2.34. The SMILES string of the molecule is CCCC[C@H](NC(C)=O)C(=O)N[C@@H](CS)C(=O)N[C@H](C)C(=O)N[C@@H](Cc1cnc[nH]1)C(=O)N[C@H](Cc1ccc2ccccc2c1)C(=O)N[C@@H](CCCN=C(N)N)C(=O)N[C@@H](Cc1c[nH]c2ccccc12)C(=O)N[C@@H](CS)C(N)=O. The molecule has 2 heterocycles. The molecule has 24 nitrogen and oxygen atoms in total. The maximum absolute atomic E-state index is 14.9. The Labute approximate surface area is 467 Å². The Morgan fingerprint density at radius 1 is 0.595 bits per heavy atom. The van der Waals surface area contributed by atoms with Crippen molar-refractivity contribution in [2.24, 2.45) is 22.2 Å². The van der Waals surface area contributed by atoms with Gasteiger partial charge >= 0.3 is 0 Å². The summed E-state index contributed by atoms with van der Waals surface area (Å²) in [5.41, 5.74) is 19.2. The zero-order chi connectivity index (χ0) is 57.6. The molecule has 26 heteroatoms. The molecule has 2 aromatic heterocycles. The number of carbonyl (C=O) groups excluding carboxylic acids is 9. The van der Waals surface area contributed by atoms with Crippen LogP contribution in [0.25, 0.3) is 21.7 Å². The third-order valence-corrected chi connectivity index (χ3v) is 13.5. The summed E-state index contributed by atoms with van der Waals surface area (Å²) in [7, 11) is 0. The fourth-order valence-corrected chi connectivity index (χ4v) is 9.03. The number of H-pyrrole nitrogens is 2. The van der Waals surface area contributed by atoms with Crippen molar-refractivity contribution in [3.8, 4) is 0 Å². The van der Waals surface area contributed by atoms with Gasteiger partial charge in [-0.3, -0.25) is 48.1 Å². The van der Waals surface area contributed by atoms with Crippen molar-refractivity contribution >= 4 is 106 Å². The molecule has 79 heavy (non-hydrogen) atoms. The Hall–Kier alpha value is -8.13. The number of unbranched alkanes of at least 4 members (excludes halogenated alkanes) is 1. The lowest BCUT2D eigenvalue weighted by atomic mass is 9.99. The highest BCUT2D eigenvalue weighted by Crippen LogP contribution is 2.21. The monoisotopic (exact) mass is 1130 g/mol. The summed E-state index contributed by atoms with van der Waals surface area (Å²) < 4.78 is 0. The smallest absolute Gasteiger partial charge is 0.244 e. The maximum atomic E-state index is 14.9. The summed E-state index contributed by atoms with van der Waals surface area (Å²) in [5, 5.41) is 23.8. The average Bonchev–Trinajstić information content (AvgIpc) is 4.16. The van der Waals surface area contributed by atoms with Crippen LogP contribution >= 0.6 is 25.3 Å². The minimum atomic E-state index is -1.42. The Bertz CT molecular complexity index is 2950. The standard InChI is InChI=1S/C53H71N15O9S2/c1-4-5-14-38(62-30(3)69)47(72)68-44(27-79)52(77)61-29(2)46(71)64-42(23-35-25-57-28-60-35)51(76)65-40(21-31-17-18-32-11-6-7-12-33(32)20-31)49(74)63-39(16-10-19-58-53(55)56)48(73)66-41(50(75)67-43(26-78)45(54)70)22-34-24-59-37-15-9-8-13-36(34)37/h6-9,11-13,15,17-18,20,24-25,28-29,38-44,59,78-79H,4-5,10,14,16,19,21-23,26-27H2,1-3H3,(H2,54,70)(H,57,60)(H,61,77)(H,62,69)(H,63,74)(H,64,71)(H,65,76)(H,66,73)(H,67,75)(H,68,72)(H4,55,56,58)/t29-,38+,39+,40-,41+,42+,43+,44+/m1/s1. The maximum Gasteiger partial charge on any atom is 0.244 e. The molecule has 0 unspecified atom stereocenters. The van der Waals surface area contributed by atoms with Gasteiger partial charge in [0, 0.05) is 73.2 Å². The Morgan fingerprint density at radius 2 is 1.14 bits per heavy atom. The van der Waals surface area contributed by atoms with Crippen LogP contribution in [0.2, 0.25) is 0 Å². The van der Waals surface area contributed by atoms with Crippen molar-refractivity contribution in [2.75, 3.05) is 18.1 Å². The van der Waals surface area contributed by atoms with E-state index >= 15 is 0 Å². The number of hydrogen-bond donors (Lipinski definition) is 15. The molecule has 424 valence electrons. The molecule has 0 fully saturated rings. The fraction of sp³-hybridized carbons (Fsp3) is 0.415. The second-order valence-electron chi connectivity index (χ2n) is 18.9. The number of aromatic amines is 2. The van der Waals surface area contributed by atoms with E-state index in [1.165, 1.54) is 26.4 Å². The lowest BCUT2D eigenvalue weighted by Gasteiger charge is -2.27. The highest BCUT2D eigenvalue weighted by atomic mass is 32.1. The summed E-state index contributed by atoms with van der Waals surface area (Å²) in [6.07, 6.45) is 5.96. The van der Waals surface area contributed by atoms with Crippen LogP contribution < -0.4 is 59.7 Å². The lowest BCUT2D eigenvalue weighted by molar-refractivity contribution is -0.135. The summed E-state index contributed by atoms with van der Waals surface area (Å²) in [5.74, 6) is -7.19. The number of fused-ring (bicyclic) bond motifs is 2. The molecular formula is C53H71N15O9S2. The van der Waals surface area contributed by atoms with Crippen molar-refractivity contribution in [1.29, 1.82) is 0 Å². The number of rotatable bonds is 31. The Kier molecular flexibility index (Phi) is 24.0. The van der Waals surface area contributed by atoms with Gasteiger partial charge in [0.15, 0.2) is 5.96 Å². The zero-order valence-electron chi connectivity index (χ0n) is 44.2. The number of amides is 9. The first-order chi connectivity index (χ1) is 37.8. The number of carbonyl (C=O) groups is 9. The number of para-hydroxylation sites is 1. The van der Waals surface area contributed by atoms with E-state index in [0.29, 0.717) is 29.7 Å². The first kappa shape index (κ1) is 61.7. The number of primary amides is 1. The topological polar surface area (TPSA) is 385 Å². The van der Waals surface area contributed by atoms with E-state index in [9.17, 15) is 43.2 Å². The van der Waals surface area contributed by atoms with Gasteiger partial charge in [0.05, 0.1) is 6.33 Å². The van der Waals surface area contributed by atoms with Gasteiger partial charge in [-0.05, 0) is 54.2 Å². The number of aliphatic imine (C=N–C) groups is 1. The van der Waals surface area contributed by atoms with E-state index in [0.717, 1.165) is 28.1 Å². The number of hydrogen-bond acceptors (Lipinski definition) is 13. The number of guanidine groups is 1. The minimum absolute atomic E-state index is 0.0522. The number of aromatic nitrogens is 3. The predicted octanol–water partition coefficient (Wildman–Crippen LogP) is -0.421. The average molecular weight is 1130 g/mol. The number of nitrogens with one attached hydrogen (secondary N) is 10. The van der Waals surface area contributed by atoms with E-state index in [2.05, 4.69) is 87.7 Å². The largest absolute Gasteiger partial charge is 0.370 e. The van der Waals surface area contributed by atoms with Crippen LogP contribution in [-0.2, 0) is 62.4 Å². The molecule has 0 saturated heterocycles. The summed E-state index contributed by atoms with van der Waals surface area (Å²) in [6.45, 7) is 4.63. The molecule has 0 aliphatic heterocycles. The van der Waals surface area contributed by atoms with Crippen LogP contribution in [-0.4, -0.2) is 140 Å². The predicted molar refractivity (Wildman–Crippen MR) is 305 cm³/mol. The fourth-order valence-electron chi connectivity index (χ4n) is 8.50. The van der Waals surface area contributed by atoms with E-state index in [1.54, 1.807) is 12.3 Å². The quantitative estimate of drug-likeness (QED) is 0.0117. The highest BCUT2D eigenvalue weighted by molar-refractivity contribution is 7.80. The molecule has 16 N–H and O–H groups in total. The van der Waals surface area contributed by atoms with Crippen molar-refractivity contribution < 1.29 is 43.2 Å². The van der Waals surface area contributed by atoms with Gasteiger partial charge in [-0.15, -0.1) is 0 Å². The second kappa shape index (κ2) is 30.7. The Morgan fingerprint density at radius 3 is 1.76 bits per heavy atom. The van der Waals surface area contributed by atoms with Crippen LogP contribution in [0.15, 0.2) is 90.4 Å². The van der Waals surface area contributed by atoms with Crippen LogP contribution in [0.1, 0.15) is 69.7 Å². The van der Waals surface area contributed by atoms with Crippen molar-refractivity contribution in [3.05, 3.63) is 102 Å². The molecule has 8 atom stereocenters. The molecule has 3 aromatic carbocycles. The van der Waals surface area contributed by atoms with Crippen LogP contribution in [0.4, 0.5) is 0 Å². The van der Waals surface area contributed by atoms with E-state index < -0.39 is 101 Å². The molecule has 0 spiro atoms. The Balaban J connectivity index is 1.43. The van der Waals surface area contributed by atoms with Crippen LogP contribution in [0.5, 0.6) is 0 Å². The summed E-state index contributed by atoms with van der Waals surface area (Å²) in [6, 6.07) is 10.2. The number of nitrogens with zero attached hydrogens (tertiary/aromatic N) is 2. The third kappa shape index (κ3) is 19.1. The first-order valence-electron chi connectivity index (χ1n) is 25.8. The molecule has 0 aliphatic carbocycles.